The van der Waals surface area contributed by atoms with Gasteiger partial charge >= 0.3 is 5.97 Å². The highest BCUT2D eigenvalue weighted by molar-refractivity contribution is 5.96. The fourth-order valence-corrected chi connectivity index (χ4v) is 2.82. The van der Waals surface area contributed by atoms with Crippen molar-refractivity contribution < 1.29 is 33.0 Å². The molecule has 0 saturated carbocycles. The van der Waals surface area contributed by atoms with Gasteiger partial charge in [0.2, 0.25) is 11.6 Å². The number of esters is 1. The Morgan fingerprint density at radius 1 is 1.00 bits per heavy atom. The zero-order valence-electron chi connectivity index (χ0n) is 18.1. The zero-order valence-corrected chi connectivity index (χ0v) is 18.1. The van der Waals surface area contributed by atoms with Crippen LogP contribution in [0.4, 0.5) is 0 Å². The van der Waals surface area contributed by atoms with Crippen LogP contribution in [-0.4, -0.2) is 49.4 Å². The molecule has 0 aliphatic heterocycles. The van der Waals surface area contributed by atoms with E-state index in [9.17, 15) is 9.59 Å². The summed E-state index contributed by atoms with van der Waals surface area (Å²) in [6, 6.07) is 11.0. The lowest BCUT2D eigenvalue weighted by Gasteiger charge is -2.13. The van der Waals surface area contributed by atoms with Crippen LogP contribution in [-0.2, 0) is 16.1 Å². The van der Waals surface area contributed by atoms with Crippen molar-refractivity contribution in [3.05, 3.63) is 53.9 Å². The molecule has 0 spiro atoms. The molecule has 0 aliphatic carbocycles. The van der Waals surface area contributed by atoms with E-state index in [2.05, 4.69) is 15.5 Å². The van der Waals surface area contributed by atoms with Gasteiger partial charge in [0.05, 0.1) is 21.3 Å². The summed E-state index contributed by atoms with van der Waals surface area (Å²) in [5.74, 6) is 0.537. The van der Waals surface area contributed by atoms with Crippen LogP contribution in [0.15, 0.2) is 46.9 Å². The van der Waals surface area contributed by atoms with Crippen molar-refractivity contribution in [2.75, 3.05) is 21.3 Å². The molecule has 0 fully saturated rings. The number of ether oxygens (including phenoxy) is 4. The summed E-state index contributed by atoms with van der Waals surface area (Å²) < 4.78 is 26.7. The highest BCUT2D eigenvalue weighted by Crippen LogP contribution is 2.40. The van der Waals surface area contributed by atoms with Gasteiger partial charge in [0, 0.05) is 11.1 Å². The van der Waals surface area contributed by atoms with Crippen LogP contribution in [0, 0.1) is 0 Å². The second-order valence-electron chi connectivity index (χ2n) is 6.58. The molecule has 3 aromatic rings. The van der Waals surface area contributed by atoms with E-state index >= 15 is 0 Å². The van der Waals surface area contributed by atoms with Gasteiger partial charge in [0.25, 0.3) is 11.8 Å². The first kappa shape index (κ1) is 22.6. The number of amides is 1. The van der Waals surface area contributed by atoms with Crippen LogP contribution in [0.2, 0.25) is 0 Å². The van der Waals surface area contributed by atoms with Crippen LogP contribution in [0.1, 0.15) is 23.2 Å². The van der Waals surface area contributed by atoms with Gasteiger partial charge in [-0.25, -0.2) is 4.79 Å². The van der Waals surface area contributed by atoms with Gasteiger partial charge in [-0.15, -0.1) is 10.2 Å². The molecule has 0 saturated heterocycles. The van der Waals surface area contributed by atoms with E-state index < -0.39 is 12.0 Å². The first-order valence-corrected chi connectivity index (χ1v) is 9.62. The molecule has 3 rings (SSSR count). The Bertz CT molecular complexity index is 1060. The lowest BCUT2D eigenvalue weighted by atomic mass is 10.2. The molecule has 10 heteroatoms. The molecule has 0 bridgehead atoms. The summed E-state index contributed by atoms with van der Waals surface area (Å²) >= 11 is 0. The molecule has 2 aromatic carbocycles. The second kappa shape index (κ2) is 10.3. The third-order valence-corrected chi connectivity index (χ3v) is 4.45. The molecular weight excluding hydrogens is 418 g/mol. The minimum atomic E-state index is -0.861. The number of rotatable bonds is 9. The molecule has 0 unspecified atom stereocenters. The third-order valence-electron chi connectivity index (χ3n) is 4.45. The highest BCUT2D eigenvalue weighted by Gasteiger charge is 2.20. The van der Waals surface area contributed by atoms with Crippen molar-refractivity contribution in [3.8, 4) is 28.7 Å². The maximum absolute atomic E-state index is 12.2. The van der Waals surface area contributed by atoms with Crippen molar-refractivity contribution in [1.82, 2.24) is 15.5 Å². The minimum Gasteiger partial charge on any atom is -0.493 e. The zero-order chi connectivity index (χ0) is 23.1. The average molecular weight is 441 g/mol. The monoisotopic (exact) mass is 441 g/mol. The van der Waals surface area contributed by atoms with E-state index in [1.54, 1.807) is 42.5 Å². The summed E-state index contributed by atoms with van der Waals surface area (Å²) in [7, 11) is 4.50. The first-order valence-electron chi connectivity index (χ1n) is 9.62. The summed E-state index contributed by atoms with van der Waals surface area (Å²) in [5.41, 5.74) is 0.979. The van der Waals surface area contributed by atoms with Crippen LogP contribution >= 0.6 is 0 Å². The number of carbonyl (C=O) groups is 2. The molecule has 1 atom stereocenters. The van der Waals surface area contributed by atoms with E-state index in [0.717, 1.165) is 0 Å². The predicted molar refractivity (Wildman–Crippen MR) is 113 cm³/mol. The fraction of sp³-hybridized carbons (Fsp3) is 0.273. The van der Waals surface area contributed by atoms with Crippen molar-refractivity contribution in [2.24, 2.45) is 0 Å². The van der Waals surface area contributed by atoms with E-state index in [4.69, 9.17) is 23.4 Å². The number of hydrogen-bond donors (Lipinski definition) is 1. The van der Waals surface area contributed by atoms with Crippen molar-refractivity contribution in [3.63, 3.8) is 0 Å². The molecule has 32 heavy (non-hydrogen) atoms. The van der Waals surface area contributed by atoms with Gasteiger partial charge in [0.1, 0.15) is 6.04 Å². The summed E-state index contributed by atoms with van der Waals surface area (Å²) in [5, 5.41) is 10.4. The normalized spacial score (nSPS) is 11.4. The number of nitrogens with zero attached hydrogens (tertiary/aromatic N) is 2. The van der Waals surface area contributed by atoms with Crippen LogP contribution in [0.3, 0.4) is 0 Å². The smallest absolute Gasteiger partial charge is 0.328 e. The predicted octanol–water partition coefficient (Wildman–Crippen LogP) is 2.62. The van der Waals surface area contributed by atoms with E-state index in [0.29, 0.717) is 28.4 Å². The summed E-state index contributed by atoms with van der Waals surface area (Å²) in [6.45, 7) is 1.28. The minimum absolute atomic E-state index is 0.0867. The molecule has 10 nitrogen and oxygen atoms in total. The van der Waals surface area contributed by atoms with E-state index in [1.165, 1.54) is 28.3 Å². The average Bonchev–Trinajstić information content (AvgIpc) is 3.31. The molecule has 0 aliphatic rings. The van der Waals surface area contributed by atoms with E-state index in [1.807, 2.05) is 0 Å². The van der Waals surface area contributed by atoms with Gasteiger partial charge in [-0.05, 0) is 31.2 Å². The van der Waals surface area contributed by atoms with Crippen LogP contribution in [0.5, 0.6) is 17.2 Å². The Balaban J connectivity index is 1.63. The fourth-order valence-electron chi connectivity index (χ4n) is 2.82. The Kier molecular flexibility index (Phi) is 7.27. The number of carbonyl (C=O) groups excluding carboxylic acids is 2. The number of benzene rings is 2. The second-order valence-corrected chi connectivity index (χ2v) is 6.58. The molecule has 168 valence electrons. The standard InChI is InChI=1S/C22H23N3O7/c1-13(23-20(26)14-8-6-5-7-9-14)22(27)31-12-18-24-25-21(32-18)15-10-16(28-2)19(30-4)17(11-15)29-3/h5-11,13H,12H2,1-4H3,(H,23,26)/t13-/m0/s1. The molecule has 1 aromatic heterocycles. The Labute approximate surface area is 184 Å². The van der Waals surface area contributed by atoms with Gasteiger partial charge in [-0.2, -0.15) is 0 Å². The van der Waals surface area contributed by atoms with Crippen LogP contribution in [0.25, 0.3) is 11.5 Å². The molecule has 0 radical (unpaired) electrons. The van der Waals surface area contributed by atoms with Crippen molar-refractivity contribution in [2.45, 2.75) is 19.6 Å². The number of methoxy groups -OCH3 is 3. The Hall–Kier alpha value is -4.08. The SMILES string of the molecule is COc1cc(-c2nnc(COC(=O)[C@H](C)NC(=O)c3ccccc3)o2)cc(OC)c1OC. The lowest BCUT2D eigenvalue weighted by Crippen LogP contribution is -2.39. The van der Waals surface area contributed by atoms with Gasteiger partial charge in [-0.1, -0.05) is 18.2 Å². The van der Waals surface area contributed by atoms with E-state index in [-0.39, 0.29) is 24.3 Å². The first-order chi connectivity index (χ1) is 15.5. The quantitative estimate of drug-likeness (QED) is 0.499. The lowest BCUT2D eigenvalue weighted by molar-refractivity contribution is -0.147. The van der Waals surface area contributed by atoms with Crippen LogP contribution < -0.4 is 19.5 Å². The molecular formula is C22H23N3O7. The highest BCUT2D eigenvalue weighted by atomic mass is 16.5. The largest absolute Gasteiger partial charge is 0.493 e. The molecule has 1 heterocycles. The van der Waals surface area contributed by atoms with Gasteiger partial charge in [0.15, 0.2) is 18.1 Å². The topological polar surface area (TPSA) is 122 Å². The molecule has 1 amide bonds. The third kappa shape index (κ3) is 5.15. The number of nitrogens with one attached hydrogen (secondary N) is 1. The maximum Gasteiger partial charge on any atom is 0.328 e. The molecule has 1 N–H and O–H groups in total. The van der Waals surface area contributed by atoms with Gasteiger partial charge in [-0.3, -0.25) is 4.79 Å². The number of hydrogen-bond acceptors (Lipinski definition) is 9. The van der Waals surface area contributed by atoms with Crippen molar-refractivity contribution in [1.29, 1.82) is 0 Å². The summed E-state index contributed by atoms with van der Waals surface area (Å²) in [6.07, 6.45) is 0. The Morgan fingerprint density at radius 2 is 1.66 bits per heavy atom. The Morgan fingerprint density at radius 3 is 2.25 bits per heavy atom. The summed E-state index contributed by atoms with van der Waals surface area (Å²) in [4.78, 5) is 24.4. The van der Waals surface area contributed by atoms with Crippen molar-refractivity contribution >= 4 is 11.9 Å². The number of aromatic nitrogens is 2. The van der Waals surface area contributed by atoms with Gasteiger partial charge < -0.3 is 28.7 Å². The maximum atomic E-state index is 12.2.